The molecule has 3 rings (SSSR count). The molecule has 1 N–H and O–H groups in total. The molecule has 1 heterocycles. The van der Waals surface area contributed by atoms with Gasteiger partial charge in [-0.3, -0.25) is 4.79 Å². The van der Waals surface area contributed by atoms with Crippen molar-refractivity contribution >= 4 is 21.6 Å². The van der Waals surface area contributed by atoms with E-state index in [2.05, 4.69) is 5.32 Å². The van der Waals surface area contributed by atoms with Crippen molar-refractivity contribution in [1.29, 1.82) is 0 Å². The van der Waals surface area contributed by atoms with Crippen LogP contribution in [-0.2, 0) is 21.0 Å². The molecule has 1 aliphatic heterocycles. The number of rotatable bonds is 4. The third-order valence-electron chi connectivity index (χ3n) is 5.09. The zero-order chi connectivity index (χ0) is 22.1. The lowest BCUT2D eigenvalue weighted by Crippen LogP contribution is -2.41. The summed E-state index contributed by atoms with van der Waals surface area (Å²) >= 11 is 0. The number of anilines is 1. The molecular formula is C20H20F4N2O3S. The first-order chi connectivity index (χ1) is 14.0. The second-order valence-corrected chi connectivity index (χ2v) is 9.03. The Morgan fingerprint density at radius 2 is 1.73 bits per heavy atom. The number of piperidine rings is 1. The molecule has 1 aliphatic rings. The zero-order valence-corrected chi connectivity index (χ0v) is 16.9. The molecule has 1 amide bonds. The van der Waals surface area contributed by atoms with Crippen LogP contribution in [0.15, 0.2) is 47.4 Å². The molecule has 1 fully saturated rings. The van der Waals surface area contributed by atoms with Gasteiger partial charge in [-0.05, 0) is 49.6 Å². The average Bonchev–Trinajstić information content (AvgIpc) is 2.69. The lowest BCUT2D eigenvalue weighted by Gasteiger charge is -2.30. The highest BCUT2D eigenvalue weighted by atomic mass is 32.2. The van der Waals surface area contributed by atoms with Gasteiger partial charge in [-0.15, -0.1) is 0 Å². The van der Waals surface area contributed by atoms with Gasteiger partial charge in [-0.2, -0.15) is 17.5 Å². The van der Waals surface area contributed by atoms with Crippen LogP contribution in [0.25, 0.3) is 0 Å². The number of carbonyl (C=O) groups is 1. The van der Waals surface area contributed by atoms with Crippen LogP contribution in [0.1, 0.15) is 24.0 Å². The van der Waals surface area contributed by atoms with Crippen LogP contribution in [0.4, 0.5) is 23.2 Å². The maximum absolute atomic E-state index is 13.9. The summed E-state index contributed by atoms with van der Waals surface area (Å²) in [5.41, 5.74) is -0.752. The van der Waals surface area contributed by atoms with Crippen LogP contribution in [0.2, 0.25) is 0 Å². The molecule has 1 saturated heterocycles. The normalized spacial score (nSPS) is 16.4. The third kappa shape index (κ3) is 4.65. The summed E-state index contributed by atoms with van der Waals surface area (Å²) in [6, 6.07) is 8.60. The highest BCUT2D eigenvalue weighted by Gasteiger charge is 2.35. The van der Waals surface area contributed by atoms with Crippen molar-refractivity contribution in [2.75, 3.05) is 18.4 Å². The quantitative estimate of drug-likeness (QED) is 0.719. The molecule has 30 heavy (non-hydrogen) atoms. The van der Waals surface area contributed by atoms with Gasteiger partial charge in [0.05, 0.1) is 5.56 Å². The molecule has 2 aromatic carbocycles. The third-order valence-corrected chi connectivity index (χ3v) is 7.02. The van der Waals surface area contributed by atoms with Crippen molar-refractivity contribution < 1.29 is 30.8 Å². The van der Waals surface area contributed by atoms with Gasteiger partial charge in [0.15, 0.2) is 0 Å². The van der Waals surface area contributed by atoms with Crippen molar-refractivity contribution in [2.24, 2.45) is 5.92 Å². The van der Waals surface area contributed by atoms with Crippen LogP contribution in [0, 0.1) is 18.7 Å². The van der Waals surface area contributed by atoms with E-state index in [1.807, 2.05) is 0 Å². The molecule has 0 bridgehead atoms. The molecule has 0 atom stereocenters. The largest absolute Gasteiger partial charge is 0.416 e. The standard InChI is InChI=1S/C20H20F4N2O3S/c1-13-6-7-15(12-16(13)20(22,23)24)25-19(27)14-8-10-26(11-9-14)30(28,29)18-5-3-2-4-17(18)21/h2-7,12,14H,8-11H2,1H3,(H,25,27). The molecule has 0 unspecified atom stereocenters. The molecular weight excluding hydrogens is 424 g/mol. The molecule has 2 aromatic rings. The topological polar surface area (TPSA) is 66.5 Å². The van der Waals surface area contributed by atoms with Crippen LogP contribution in [-0.4, -0.2) is 31.7 Å². The van der Waals surface area contributed by atoms with E-state index < -0.39 is 44.3 Å². The lowest BCUT2D eigenvalue weighted by molar-refractivity contribution is -0.138. The summed E-state index contributed by atoms with van der Waals surface area (Å²) in [7, 11) is -4.03. The molecule has 5 nitrogen and oxygen atoms in total. The number of nitrogens with zero attached hydrogens (tertiary/aromatic N) is 1. The molecule has 0 saturated carbocycles. The summed E-state index contributed by atoms with van der Waals surface area (Å²) in [6.07, 6.45) is -4.17. The minimum atomic E-state index is -4.53. The Hall–Kier alpha value is -2.46. The van der Waals surface area contributed by atoms with Crippen molar-refractivity contribution in [1.82, 2.24) is 4.31 Å². The SMILES string of the molecule is Cc1ccc(NC(=O)C2CCN(S(=O)(=O)c3ccccc3F)CC2)cc1C(F)(F)F. The highest BCUT2D eigenvalue weighted by Crippen LogP contribution is 2.34. The van der Waals surface area contributed by atoms with E-state index in [0.717, 1.165) is 16.4 Å². The van der Waals surface area contributed by atoms with Crippen molar-refractivity contribution in [3.63, 3.8) is 0 Å². The Morgan fingerprint density at radius 3 is 2.33 bits per heavy atom. The monoisotopic (exact) mass is 444 g/mol. The second-order valence-electron chi connectivity index (χ2n) is 7.13. The summed E-state index contributed by atoms with van der Waals surface area (Å²) in [5, 5.41) is 2.48. The van der Waals surface area contributed by atoms with E-state index in [4.69, 9.17) is 0 Å². The maximum Gasteiger partial charge on any atom is 0.416 e. The van der Waals surface area contributed by atoms with E-state index in [9.17, 15) is 30.8 Å². The van der Waals surface area contributed by atoms with Gasteiger partial charge >= 0.3 is 6.18 Å². The van der Waals surface area contributed by atoms with Crippen LogP contribution >= 0.6 is 0 Å². The maximum atomic E-state index is 13.9. The van der Waals surface area contributed by atoms with E-state index in [1.165, 1.54) is 37.3 Å². The van der Waals surface area contributed by atoms with Gasteiger partial charge in [-0.1, -0.05) is 18.2 Å². The Balaban J connectivity index is 1.66. The average molecular weight is 444 g/mol. The minimum absolute atomic E-state index is 0.0104. The van der Waals surface area contributed by atoms with Gasteiger partial charge < -0.3 is 5.32 Å². The second kappa shape index (κ2) is 8.35. The van der Waals surface area contributed by atoms with Crippen LogP contribution < -0.4 is 5.32 Å². The van der Waals surface area contributed by atoms with Gasteiger partial charge in [0, 0.05) is 24.7 Å². The van der Waals surface area contributed by atoms with Crippen LogP contribution in [0.3, 0.4) is 0 Å². The van der Waals surface area contributed by atoms with Crippen LogP contribution in [0.5, 0.6) is 0 Å². The number of hydrogen-bond acceptors (Lipinski definition) is 3. The predicted octanol–water partition coefficient (Wildman–Crippen LogP) is 4.19. The number of carbonyl (C=O) groups excluding carboxylic acids is 1. The Labute approximate surface area is 171 Å². The smallest absolute Gasteiger partial charge is 0.326 e. The summed E-state index contributed by atoms with van der Waals surface area (Å²) < 4.78 is 79.4. The molecule has 10 heteroatoms. The summed E-state index contributed by atoms with van der Waals surface area (Å²) in [4.78, 5) is 12.0. The first-order valence-electron chi connectivity index (χ1n) is 9.23. The lowest BCUT2D eigenvalue weighted by atomic mass is 9.97. The number of sulfonamides is 1. The van der Waals surface area contributed by atoms with Gasteiger partial charge in [0.2, 0.25) is 15.9 Å². The Morgan fingerprint density at radius 1 is 1.10 bits per heavy atom. The number of halogens is 4. The van der Waals surface area contributed by atoms with Gasteiger partial charge in [0.1, 0.15) is 10.7 Å². The highest BCUT2D eigenvalue weighted by molar-refractivity contribution is 7.89. The fraction of sp³-hybridized carbons (Fsp3) is 0.350. The van der Waals surface area contributed by atoms with Gasteiger partial charge in [0.25, 0.3) is 0 Å². The molecule has 0 aromatic heterocycles. The van der Waals surface area contributed by atoms with E-state index in [-0.39, 0.29) is 37.2 Å². The number of amides is 1. The predicted molar refractivity (Wildman–Crippen MR) is 103 cm³/mol. The summed E-state index contributed by atoms with van der Waals surface area (Å²) in [5.74, 6) is -1.89. The first kappa shape index (κ1) is 22.2. The number of alkyl halides is 3. The fourth-order valence-electron chi connectivity index (χ4n) is 3.40. The number of hydrogen-bond donors (Lipinski definition) is 1. The molecule has 0 aliphatic carbocycles. The van der Waals surface area contributed by atoms with Crippen molar-refractivity contribution in [3.05, 3.63) is 59.4 Å². The fourth-order valence-corrected chi connectivity index (χ4v) is 4.94. The van der Waals surface area contributed by atoms with E-state index in [0.29, 0.717) is 0 Å². The molecule has 0 radical (unpaired) electrons. The molecule has 0 spiro atoms. The Bertz CT molecular complexity index is 1050. The Kier molecular flexibility index (Phi) is 6.19. The van der Waals surface area contributed by atoms with Crippen molar-refractivity contribution in [2.45, 2.75) is 30.8 Å². The number of benzene rings is 2. The molecule has 162 valence electrons. The first-order valence-corrected chi connectivity index (χ1v) is 10.7. The number of aryl methyl sites for hydroxylation is 1. The van der Waals surface area contributed by atoms with E-state index >= 15 is 0 Å². The number of nitrogens with one attached hydrogen (secondary N) is 1. The minimum Gasteiger partial charge on any atom is -0.326 e. The van der Waals surface area contributed by atoms with Gasteiger partial charge in [-0.25, -0.2) is 12.8 Å². The zero-order valence-electron chi connectivity index (χ0n) is 16.0. The summed E-state index contributed by atoms with van der Waals surface area (Å²) in [6.45, 7) is 1.35. The van der Waals surface area contributed by atoms with E-state index in [1.54, 1.807) is 0 Å². The van der Waals surface area contributed by atoms with Crippen molar-refractivity contribution in [3.8, 4) is 0 Å².